The van der Waals surface area contributed by atoms with Crippen LogP contribution in [0, 0.1) is 5.92 Å². The van der Waals surface area contributed by atoms with E-state index < -0.39 is 11.7 Å². The lowest BCUT2D eigenvalue weighted by Crippen LogP contribution is -2.39. The van der Waals surface area contributed by atoms with Crippen molar-refractivity contribution in [2.45, 2.75) is 19.0 Å². The van der Waals surface area contributed by atoms with Gasteiger partial charge in [0.15, 0.2) is 0 Å². The maximum absolute atomic E-state index is 12.8. The molecule has 1 aliphatic rings. The van der Waals surface area contributed by atoms with E-state index in [1.807, 2.05) is 0 Å². The first kappa shape index (κ1) is 17.8. The normalized spacial score (nSPS) is 17.0. The van der Waals surface area contributed by atoms with Gasteiger partial charge in [-0.15, -0.1) is 0 Å². The molecule has 2 rings (SSSR count). The molecular formula is C16H18ClF3N2O. The number of piperidine rings is 1. The number of halogens is 4. The van der Waals surface area contributed by atoms with Gasteiger partial charge in [-0.05, 0) is 49.1 Å². The number of nitrogens with two attached hydrogens (primary N) is 1. The van der Waals surface area contributed by atoms with Gasteiger partial charge in [0.1, 0.15) is 0 Å². The van der Waals surface area contributed by atoms with Crippen LogP contribution in [0.15, 0.2) is 24.3 Å². The van der Waals surface area contributed by atoms with Crippen LogP contribution in [0.5, 0.6) is 0 Å². The molecule has 2 N–H and O–H groups in total. The van der Waals surface area contributed by atoms with Crippen LogP contribution in [-0.2, 0) is 11.0 Å². The van der Waals surface area contributed by atoms with Crippen LogP contribution < -0.4 is 5.73 Å². The van der Waals surface area contributed by atoms with Crippen LogP contribution in [0.2, 0.25) is 5.02 Å². The first-order valence-electron chi connectivity index (χ1n) is 7.35. The SMILES string of the molecule is NCC1CCN(C(=O)C=Cc2ccc(Cl)c(C(F)(F)F)c2)CC1. The summed E-state index contributed by atoms with van der Waals surface area (Å²) in [4.78, 5) is 13.8. The Kier molecular flexibility index (Phi) is 5.70. The van der Waals surface area contributed by atoms with Crippen LogP contribution in [0.1, 0.15) is 24.0 Å². The molecule has 1 fully saturated rings. The second kappa shape index (κ2) is 7.36. The van der Waals surface area contributed by atoms with Crippen LogP contribution in [0.25, 0.3) is 6.08 Å². The number of hydrogen-bond acceptors (Lipinski definition) is 2. The van der Waals surface area contributed by atoms with Crippen molar-refractivity contribution in [2.24, 2.45) is 11.7 Å². The Bertz CT molecular complexity index is 593. The van der Waals surface area contributed by atoms with E-state index in [2.05, 4.69) is 0 Å². The minimum Gasteiger partial charge on any atom is -0.339 e. The lowest BCUT2D eigenvalue weighted by atomic mass is 9.97. The summed E-state index contributed by atoms with van der Waals surface area (Å²) >= 11 is 5.56. The van der Waals surface area contributed by atoms with E-state index in [1.165, 1.54) is 24.3 Å². The first-order valence-corrected chi connectivity index (χ1v) is 7.73. The van der Waals surface area contributed by atoms with Crippen molar-refractivity contribution < 1.29 is 18.0 Å². The standard InChI is InChI=1S/C16H18ClF3N2O/c17-14-3-1-11(9-13(14)16(18,19)20)2-4-15(23)22-7-5-12(10-21)6-8-22/h1-4,9,12H,5-8,10,21H2. The van der Waals surface area contributed by atoms with Crippen molar-refractivity contribution in [1.29, 1.82) is 0 Å². The van der Waals surface area contributed by atoms with Crippen molar-refractivity contribution in [2.75, 3.05) is 19.6 Å². The third kappa shape index (κ3) is 4.72. The molecule has 1 aromatic rings. The minimum absolute atomic E-state index is 0.205. The smallest absolute Gasteiger partial charge is 0.339 e. The van der Waals surface area contributed by atoms with E-state index in [0.717, 1.165) is 18.9 Å². The highest BCUT2D eigenvalue weighted by molar-refractivity contribution is 6.31. The molecule has 0 atom stereocenters. The minimum atomic E-state index is -4.52. The molecule has 23 heavy (non-hydrogen) atoms. The quantitative estimate of drug-likeness (QED) is 0.850. The average molecular weight is 347 g/mol. The van der Waals surface area contributed by atoms with Gasteiger partial charge in [0.05, 0.1) is 10.6 Å². The number of amides is 1. The van der Waals surface area contributed by atoms with E-state index in [9.17, 15) is 18.0 Å². The predicted octanol–water partition coefficient (Wildman–Crippen LogP) is 3.57. The van der Waals surface area contributed by atoms with Gasteiger partial charge < -0.3 is 10.6 Å². The van der Waals surface area contributed by atoms with Crippen LogP contribution in [-0.4, -0.2) is 30.4 Å². The van der Waals surface area contributed by atoms with E-state index in [1.54, 1.807) is 4.90 Å². The number of alkyl halides is 3. The van der Waals surface area contributed by atoms with Crippen molar-refractivity contribution in [3.8, 4) is 0 Å². The Morgan fingerprint density at radius 1 is 1.35 bits per heavy atom. The maximum atomic E-state index is 12.8. The number of nitrogens with zero attached hydrogens (tertiary/aromatic N) is 1. The summed E-state index contributed by atoms with van der Waals surface area (Å²) in [6, 6.07) is 3.57. The molecule has 0 spiro atoms. The van der Waals surface area contributed by atoms with Gasteiger partial charge >= 0.3 is 6.18 Å². The molecule has 7 heteroatoms. The van der Waals surface area contributed by atoms with Crippen molar-refractivity contribution >= 4 is 23.6 Å². The van der Waals surface area contributed by atoms with E-state index in [-0.39, 0.29) is 16.5 Å². The van der Waals surface area contributed by atoms with Gasteiger partial charge in [0.25, 0.3) is 0 Å². The molecule has 0 unspecified atom stereocenters. The monoisotopic (exact) mass is 346 g/mol. The largest absolute Gasteiger partial charge is 0.417 e. The molecule has 0 saturated carbocycles. The molecule has 0 aromatic heterocycles. The first-order chi connectivity index (χ1) is 10.8. The average Bonchev–Trinajstić information content (AvgIpc) is 2.52. The Morgan fingerprint density at radius 2 is 2.00 bits per heavy atom. The highest BCUT2D eigenvalue weighted by Crippen LogP contribution is 2.35. The van der Waals surface area contributed by atoms with Crippen LogP contribution >= 0.6 is 11.6 Å². The summed E-state index contributed by atoms with van der Waals surface area (Å²) in [6.45, 7) is 1.86. The van der Waals surface area contributed by atoms with Gasteiger partial charge in [0, 0.05) is 19.2 Å². The van der Waals surface area contributed by atoms with Crippen molar-refractivity contribution in [1.82, 2.24) is 4.90 Å². The molecule has 3 nitrogen and oxygen atoms in total. The molecule has 1 saturated heterocycles. The summed E-state index contributed by atoms with van der Waals surface area (Å²) in [7, 11) is 0. The number of carbonyl (C=O) groups excluding carboxylic acids is 1. The summed E-state index contributed by atoms with van der Waals surface area (Å²) in [5.41, 5.74) is 4.98. The molecule has 0 aliphatic carbocycles. The number of hydrogen-bond donors (Lipinski definition) is 1. The lowest BCUT2D eigenvalue weighted by molar-refractivity contribution is -0.137. The Hall–Kier alpha value is -1.53. The number of likely N-dealkylation sites (tertiary alicyclic amines) is 1. The number of benzene rings is 1. The Morgan fingerprint density at radius 3 is 2.57 bits per heavy atom. The zero-order chi connectivity index (χ0) is 17.0. The molecule has 1 amide bonds. The summed E-state index contributed by atoms with van der Waals surface area (Å²) in [5.74, 6) is 0.234. The summed E-state index contributed by atoms with van der Waals surface area (Å²) < 4.78 is 38.4. The van der Waals surface area contributed by atoms with E-state index >= 15 is 0 Å². The molecule has 0 bridgehead atoms. The summed E-state index contributed by atoms with van der Waals surface area (Å²) in [5, 5.41) is -0.357. The van der Waals surface area contributed by atoms with E-state index in [4.69, 9.17) is 17.3 Å². The maximum Gasteiger partial charge on any atom is 0.417 e. The Balaban J connectivity index is 2.04. The highest BCUT2D eigenvalue weighted by Gasteiger charge is 2.33. The third-order valence-electron chi connectivity index (χ3n) is 3.97. The van der Waals surface area contributed by atoms with Gasteiger partial charge in [-0.25, -0.2) is 0 Å². The molecule has 1 heterocycles. The van der Waals surface area contributed by atoms with Crippen molar-refractivity contribution in [3.05, 3.63) is 40.4 Å². The second-order valence-electron chi connectivity index (χ2n) is 5.57. The van der Waals surface area contributed by atoms with E-state index in [0.29, 0.717) is 25.6 Å². The fourth-order valence-electron chi connectivity index (χ4n) is 2.53. The Labute approximate surface area is 137 Å². The fraction of sp³-hybridized carbons (Fsp3) is 0.438. The molecule has 0 radical (unpaired) electrons. The van der Waals surface area contributed by atoms with Crippen LogP contribution in [0.4, 0.5) is 13.2 Å². The lowest BCUT2D eigenvalue weighted by Gasteiger charge is -2.30. The molecule has 1 aliphatic heterocycles. The number of rotatable bonds is 3. The zero-order valence-electron chi connectivity index (χ0n) is 12.4. The zero-order valence-corrected chi connectivity index (χ0v) is 13.2. The van der Waals surface area contributed by atoms with Crippen LogP contribution in [0.3, 0.4) is 0 Å². The molecular weight excluding hydrogens is 329 g/mol. The highest BCUT2D eigenvalue weighted by atomic mass is 35.5. The topological polar surface area (TPSA) is 46.3 Å². The van der Waals surface area contributed by atoms with Gasteiger partial charge in [0.2, 0.25) is 5.91 Å². The second-order valence-corrected chi connectivity index (χ2v) is 5.98. The van der Waals surface area contributed by atoms with Gasteiger partial charge in [-0.3, -0.25) is 4.79 Å². The molecule has 126 valence electrons. The summed E-state index contributed by atoms with van der Waals surface area (Å²) in [6.07, 6.45) is -0.130. The molecule has 1 aromatic carbocycles. The predicted molar refractivity (Wildman–Crippen MR) is 83.8 cm³/mol. The third-order valence-corrected chi connectivity index (χ3v) is 4.30. The number of carbonyl (C=O) groups is 1. The fourth-order valence-corrected chi connectivity index (χ4v) is 2.75. The van der Waals surface area contributed by atoms with Gasteiger partial charge in [-0.1, -0.05) is 17.7 Å². The van der Waals surface area contributed by atoms with Crippen molar-refractivity contribution in [3.63, 3.8) is 0 Å². The van der Waals surface area contributed by atoms with Gasteiger partial charge in [-0.2, -0.15) is 13.2 Å².